The van der Waals surface area contributed by atoms with Gasteiger partial charge in [-0.1, -0.05) is 11.3 Å². The van der Waals surface area contributed by atoms with Gasteiger partial charge in [0.2, 0.25) is 0 Å². The molecule has 2 aliphatic heterocycles. The number of anilines is 1. The Labute approximate surface area is 255 Å². The van der Waals surface area contributed by atoms with Gasteiger partial charge in [-0.15, -0.1) is 5.10 Å². The van der Waals surface area contributed by atoms with E-state index in [-0.39, 0.29) is 29.9 Å². The number of carbonyl (C=O) groups excluding carboxylic acids is 2. The molecule has 0 spiro atoms. The highest BCUT2D eigenvalue weighted by molar-refractivity contribution is 5.98. The number of likely N-dealkylation sites (tertiary alicyclic amines) is 1. The highest BCUT2D eigenvalue weighted by Crippen LogP contribution is 2.32. The summed E-state index contributed by atoms with van der Waals surface area (Å²) in [5.74, 6) is -0.325. The monoisotopic (exact) mass is 612 g/mol. The first kappa shape index (κ1) is 31.5. The van der Waals surface area contributed by atoms with Crippen LogP contribution in [0.15, 0.2) is 48.7 Å². The van der Waals surface area contributed by atoms with Gasteiger partial charge in [0, 0.05) is 37.4 Å². The Bertz CT molecular complexity index is 1450. The maximum Gasteiger partial charge on any atom is 0.416 e. The Morgan fingerprint density at radius 1 is 1.00 bits per heavy atom. The van der Waals surface area contributed by atoms with Crippen molar-refractivity contribution in [3.05, 3.63) is 71.0 Å². The number of ether oxygens (including phenoxy) is 1. The maximum atomic E-state index is 14.1. The van der Waals surface area contributed by atoms with Crippen molar-refractivity contribution >= 4 is 17.6 Å². The normalized spacial score (nSPS) is 20.2. The molecule has 3 aromatic rings. The fourth-order valence-electron chi connectivity index (χ4n) is 6.25. The van der Waals surface area contributed by atoms with Crippen molar-refractivity contribution in [2.24, 2.45) is 5.92 Å². The van der Waals surface area contributed by atoms with Crippen molar-refractivity contribution in [1.82, 2.24) is 24.8 Å². The van der Waals surface area contributed by atoms with Crippen LogP contribution in [0.3, 0.4) is 0 Å². The van der Waals surface area contributed by atoms with Crippen LogP contribution in [0.2, 0.25) is 0 Å². The van der Waals surface area contributed by atoms with E-state index in [2.05, 4.69) is 15.2 Å². The third-order valence-electron chi connectivity index (χ3n) is 8.48. The molecule has 2 unspecified atom stereocenters. The van der Waals surface area contributed by atoms with Crippen LogP contribution >= 0.6 is 0 Å². The lowest BCUT2D eigenvalue weighted by Gasteiger charge is -2.45. The quantitative estimate of drug-likeness (QED) is 0.343. The number of amides is 1. The minimum absolute atomic E-state index is 0.0654. The Morgan fingerprint density at radius 2 is 1.66 bits per heavy atom. The molecule has 2 aromatic carbocycles. The molecular formula is C32H39F3N6O3. The lowest BCUT2D eigenvalue weighted by molar-refractivity contribution is -0.149. The summed E-state index contributed by atoms with van der Waals surface area (Å²) in [6.07, 6.45) is -1.06. The summed E-state index contributed by atoms with van der Waals surface area (Å²) in [6.45, 7) is 11.2. The van der Waals surface area contributed by atoms with Crippen molar-refractivity contribution < 1.29 is 27.5 Å². The molecular weight excluding hydrogens is 573 g/mol. The van der Waals surface area contributed by atoms with Crippen molar-refractivity contribution in [3.63, 3.8) is 0 Å². The summed E-state index contributed by atoms with van der Waals surface area (Å²) in [4.78, 5) is 32.2. The van der Waals surface area contributed by atoms with Crippen molar-refractivity contribution in [1.29, 1.82) is 0 Å². The number of alkyl halides is 3. The standard InChI is InChI=1S/C32H39F3N6O3/c1-5-44-31(43)24-12-14-38(15-13-24)19-26-20-40(37-36-26)29-16-21(2)6-11-28(29)30(42)41-22(3)17-39(18-23(41)4)27-9-7-25(8-10-27)32(33,34)35/h6-11,16,20,22-24H,5,12-15,17-19H2,1-4H3. The first-order valence-corrected chi connectivity index (χ1v) is 15.1. The number of rotatable bonds is 7. The van der Waals surface area contributed by atoms with Gasteiger partial charge >= 0.3 is 12.1 Å². The van der Waals surface area contributed by atoms with Crippen LogP contribution in [0.25, 0.3) is 5.69 Å². The fourth-order valence-corrected chi connectivity index (χ4v) is 6.25. The zero-order valence-corrected chi connectivity index (χ0v) is 25.5. The topological polar surface area (TPSA) is 83.8 Å². The van der Waals surface area contributed by atoms with Gasteiger partial charge in [0.25, 0.3) is 5.91 Å². The Hall–Kier alpha value is -3.93. The molecule has 0 N–H and O–H groups in total. The van der Waals surface area contributed by atoms with Gasteiger partial charge in [-0.2, -0.15) is 13.2 Å². The van der Waals surface area contributed by atoms with Crippen LogP contribution in [0.4, 0.5) is 18.9 Å². The number of carbonyl (C=O) groups is 2. The third kappa shape index (κ3) is 6.90. The molecule has 12 heteroatoms. The molecule has 2 fully saturated rings. The number of aryl methyl sites for hydroxylation is 1. The Kier molecular flexibility index (Phi) is 9.28. The molecule has 0 radical (unpaired) electrons. The second-order valence-corrected chi connectivity index (χ2v) is 11.8. The molecule has 1 amide bonds. The highest BCUT2D eigenvalue weighted by atomic mass is 19.4. The number of piperazine rings is 1. The summed E-state index contributed by atoms with van der Waals surface area (Å²) in [6, 6.07) is 10.4. The number of benzene rings is 2. The van der Waals surface area contributed by atoms with Crippen LogP contribution in [0.1, 0.15) is 60.8 Å². The van der Waals surface area contributed by atoms with Gasteiger partial charge in [-0.05, 0) is 95.6 Å². The zero-order valence-electron chi connectivity index (χ0n) is 25.5. The molecule has 1 aromatic heterocycles. The van der Waals surface area contributed by atoms with Gasteiger partial charge in [-0.3, -0.25) is 14.5 Å². The fraction of sp³-hybridized carbons (Fsp3) is 0.500. The van der Waals surface area contributed by atoms with Crippen LogP contribution in [-0.2, 0) is 22.3 Å². The van der Waals surface area contributed by atoms with Gasteiger partial charge in [-0.25, -0.2) is 4.68 Å². The minimum Gasteiger partial charge on any atom is -0.466 e. The van der Waals surface area contributed by atoms with Gasteiger partial charge in [0.15, 0.2) is 0 Å². The van der Waals surface area contributed by atoms with Crippen molar-refractivity contribution in [2.45, 2.75) is 65.3 Å². The highest BCUT2D eigenvalue weighted by Gasteiger charge is 2.36. The number of halogens is 3. The van der Waals surface area contributed by atoms with Crippen LogP contribution < -0.4 is 4.90 Å². The van der Waals surface area contributed by atoms with E-state index >= 15 is 0 Å². The maximum absolute atomic E-state index is 14.1. The SMILES string of the molecule is CCOC(=O)C1CCN(Cc2cn(-c3cc(C)ccc3C(=O)N3C(C)CN(c4ccc(C(F)(F)F)cc4)CC3C)nn2)CC1. The average Bonchev–Trinajstić information content (AvgIpc) is 3.45. The molecule has 9 nitrogen and oxygen atoms in total. The molecule has 2 saturated heterocycles. The lowest BCUT2D eigenvalue weighted by atomic mass is 9.97. The van der Waals surface area contributed by atoms with Gasteiger partial charge in [0.05, 0.1) is 41.2 Å². The van der Waals surface area contributed by atoms with Gasteiger partial charge < -0.3 is 14.5 Å². The third-order valence-corrected chi connectivity index (χ3v) is 8.48. The van der Waals surface area contributed by atoms with E-state index in [4.69, 9.17) is 4.74 Å². The molecule has 2 atom stereocenters. The molecule has 3 heterocycles. The second-order valence-electron chi connectivity index (χ2n) is 11.8. The van der Waals surface area contributed by atoms with E-state index < -0.39 is 11.7 Å². The number of aromatic nitrogens is 3. The van der Waals surface area contributed by atoms with Crippen LogP contribution in [-0.4, -0.2) is 81.5 Å². The van der Waals surface area contributed by atoms with E-state index in [1.807, 2.05) is 61.9 Å². The number of esters is 1. The van der Waals surface area contributed by atoms with Crippen LogP contribution in [0, 0.1) is 12.8 Å². The summed E-state index contributed by atoms with van der Waals surface area (Å²) in [5, 5.41) is 8.75. The number of piperidine rings is 1. The number of hydrogen-bond acceptors (Lipinski definition) is 7. The Morgan fingerprint density at radius 3 is 2.27 bits per heavy atom. The van der Waals surface area contributed by atoms with E-state index in [0.29, 0.717) is 43.2 Å². The predicted molar refractivity (Wildman–Crippen MR) is 159 cm³/mol. The summed E-state index contributed by atoms with van der Waals surface area (Å²) in [5.41, 5.74) is 2.90. The average molecular weight is 613 g/mol. The molecule has 2 aliphatic rings. The smallest absolute Gasteiger partial charge is 0.416 e. The summed E-state index contributed by atoms with van der Waals surface area (Å²) >= 11 is 0. The summed E-state index contributed by atoms with van der Waals surface area (Å²) < 4.78 is 46.0. The molecule has 0 bridgehead atoms. The summed E-state index contributed by atoms with van der Waals surface area (Å²) in [7, 11) is 0. The first-order chi connectivity index (χ1) is 20.9. The zero-order chi connectivity index (χ0) is 31.6. The molecule has 0 saturated carbocycles. The van der Waals surface area contributed by atoms with E-state index in [1.165, 1.54) is 12.1 Å². The van der Waals surface area contributed by atoms with Crippen molar-refractivity contribution in [2.75, 3.05) is 37.7 Å². The lowest BCUT2D eigenvalue weighted by Crippen LogP contribution is -2.58. The molecule has 5 rings (SSSR count). The van der Waals surface area contributed by atoms with E-state index in [0.717, 1.165) is 49.3 Å². The van der Waals surface area contributed by atoms with Gasteiger partial charge in [0.1, 0.15) is 0 Å². The predicted octanol–water partition coefficient (Wildman–Crippen LogP) is 5.11. The van der Waals surface area contributed by atoms with Crippen LogP contribution in [0.5, 0.6) is 0 Å². The Balaban J connectivity index is 1.28. The molecule has 236 valence electrons. The minimum atomic E-state index is -4.39. The number of nitrogens with zero attached hydrogens (tertiary/aromatic N) is 6. The van der Waals surface area contributed by atoms with Crippen molar-refractivity contribution in [3.8, 4) is 5.69 Å². The van der Waals surface area contributed by atoms with E-state index in [1.54, 1.807) is 4.68 Å². The number of hydrogen-bond donors (Lipinski definition) is 0. The molecule has 44 heavy (non-hydrogen) atoms. The molecule has 0 aliphatic carbocycles. The largest absolute Gasteiger partial charge is 0.466 e. The second kappa shape index (κ2) is 13.0. The first-order valence-electron chi connectivity index (χ1n) is 15.1. The van der Waals surface area contributed by atoms with E-state index in [9.17, 15) is 22.8 Å².